The van der Waals surface area contributed by atoms with Crippen molar-refractivity contribution in [2.75, 3.05) is 0 Å². The fraction of sp³-hybridized carbons (Fsp3) is 0.167. The van der Waals surface area contributed by atoms with Crippen molar-refractivity contribution in [2.24, 2.45) is 5.14 Å². The van der Waals surface area contributed by atoms with Crippen molar-refractivity contribution in [3.05, 3.63) is 63.8 Å². The summed E-state index contributed by atoms with van der Waals surface area (Å²) in [5.74, 6) is 0.421. The summed E-state index contributed by atoms with van der Waals surface area (Å²) in [6.07, 6.45) is 3.23. The molecule has 25 heavy (non-hydrogen) atoms. The van der Waals surface area contributed by atoms with Gasteiger partial charge in [0, 0.05) is 17.7 Å². The molecule has 1 aliphatic carbocycles. The smallest absolute Gasteiger partial charge is 0.380 e. The minimum Gasteiger partial charge on any atom is -0.456 e. The highest BCUT2D eigenvalue weighted by Crippen LogP contribution is 2.29. The van der Waals surface area contributed by atoms with Gasteiger partial charge in [-0.1, -0.05) is 12.1 Å². The predicted octanol–water partition coefficient (Wildman–Crippen LogP) is 2.53. The Balaban J connectivity index is 1.83. The molecule has 0 unspecified atom stereocenters. The summed E-state index contributed by atoms with van der Waals surface area (Å²) in [7, 11) is -4.14. The normalized spacial score (nSPS) is 13.8. The predicted molar refractivity (Wildman–Crippen MR) is 93.7 cm³/mol. The minimum atomic E-state index is -4.14. The summed E-state index contributed by atoms with van der Waals surface area (Å²) < 4.78 is 32.6. The number of benzene rings is 2. The van der Waals surface area contributed by atoms with E-state index in [4.69, 9.17) is 9.56 Å². The molecule has 0 radical (unpaired) electrons. The molecular formula is C18H15NO5S. The van der Waals surface area contributed by atoms with Crippen LogP contribution in [0.5, 0.6) is 5.75 Å². The van der Waals surface area contributed by atoms with E-state index in [1.807, 2.05) is 12.1 Å². The van der Waals surface area contributed by atoms with Crippen molar-refractivity contribution < 1.29 is 17.0 Å². The van der Waals surface area contributed by atoms with E-state index >= 15 is 0 Å². The van der Waals surface area contributed by atoms with Gasteiger partial charge < -0.3 is 8.60 Å². The van der Waals surface area contributed by atoms with E-state index < -0.39 is 10.3 Å². The number of hydrogen-bond acceptors (Lipinski definition) is 5. The van der Waals surface area contributed by atoms with Gasteiger partial charge in [-0.15, -0.1) is 0 Å². The molecule has 0 saturated heterocycles. The molecule has 0 aliphatic heterocycles. The Labute approximate surface area is 144 Å². The zero-order valence-corrected chi connectivity index (χ0v) is 14.0. The van der Waals surface area contributed by atoms with Crippen LogP contribution in [0.2, 0.25) is 0 Å². The highest BCUT2D eigenvalue weighted by Gasteiger charge is 2.14. The summed E-state index contributed by atoms with van der Waals surface area (Å²) in [6, 6.07) is 11.6. The Morgan fingerprint density at radius 1 is 1.00 bits per heavy atom. The third-order valence-corrected chi connectivity index (χ3v) is 4.72. The van der Waals surface area contributed by atoms with Crippen molar-refractivity contribution in [1.29, 1.82) is 0 Å². The first kappa shape index (κ1) is 15.9. The Morgan fingerprint density at radius 2 is 1.80 bits per heavy atom. The third-order valence-electron chi connectivity index (χ3n) is 4.30. The second-order valence-electron chi connectivity index (χ2n) is 6.05. The molecule has 1 heterocycles. The van der Waals surface area contributed by atoms with Gasteiger partial charge in [-0.2, -0.15) is 13.6 Å². The minimum absolute atomic E-state index is 0.00995. The van der Waals surface area contributed by atoms with Crippen LogP contribution in [0, 0.1) is 0 Å². The van der Waals surface area contributed by atoms with Crippen molar-refractivity contribution in [3.63, 3.8) is 0 Å². The maximum Gasteiger partial charge on any atom is 0.380 e. The van der Waals surface area contributed by atoms with Gasteiger partial charge in [0.25, 0.3) is 0 Å². The lowest BCUT2D eigenvalue weighted by molar-refractivity contribution is 0.487. The zero-order valence-electron chi connectivity index (χ0n) is 13.2. The fourth-order valence-corrected chi connectivity index (χ4v) is 3.56. The first-order valence-corrected chi connectivity index (χ1v) is 9.28. The van der Waals surface area contributed by atoms with E-state index in [2.05, 4.69) is 10.2 Å². The van der Waals surface area contributed by atoms with Crippen molar-refractivity contribution >= 4 is 21.3 Å². The standard InChI is InChI=1S/C18H15NO5S/c19-25(21,22)24-14-6-7-15-16(20)10-17(23-18(15)9-14)13-5-4-11-2-1-3-12(11)8-13/h4-10H,1-3H2,(H2,19,21,22). The van der Waals surface area contributed by atoms with Crippen LogP contribution in [0.15, 0.2) is 51.7 Å². The Kier molecular flexibility index (Phi) is 3.63. The lowest BCUT2D eigenvalue weighted by atomic mass is 10.0. The monoisotopic (exact) mass is 357 g/mol. The van der Waals surface area contributed by atoms with E-state index in [0.717, 1.165) is 24.8 Å². The lowest BCUT2D eigenvalue weighted by Gasteiger charge is -2.07. The molecule has 0 spiro atoms. The summed E-state index contributed by atoms with van der Waals surface area (Å²) in [6.45, 7) is 0. The molecule has 6 nitrogen and oxygen atoms in total. The topological polar surface area (TPSA) is 99.6 Å². The Bertz CT molecular complexity index is 1150. The van der Waals surface area contributed by atoms with Crippen LogP contribution in [-0.2, 0) is 23.1 Å². The third kappa shape index (κ3) is 3.16. The quantitative estimate of drug-likeness (QED) is 0.776. The number of aryl methyl sites for hydroxylation is 2. The highest BCUT2D eigenvalue weighted by atomic mass is 32.2. The van der Waals surface area contributed by atoms with Gasteiger partial charge in [0.15, 0.2) is 5.43 Å². The van der Waals surface area contributed by atoms with Crippen LogP contribution in [0.1, 0.15) is 17.5 Å². The Morgan fingerprint density at radius 3 is 2.60 bits per heavy atom. The van der Waals surface area contributed by atoms with E-state index in [-0.39, 0.29) is 16.8 Å². The van der Waals surface area contributed by atoms with Gasteiger partial charge in [0.1, 0.15) is 17.1 Å². The van der Waals surface area contributed by atoms with Gasteiger partial charge in [0.2, 0.25) is 0 Å². The van der Waals surface area contributed by atoms with Gasteiger partial charge in [-0.05, 0) is 48.6 Å². The molecule has 1 aromatic heterocycles. The molecule has 0 bridgehead atoms. The maximum atomic E-state index is 12.4. The van der Waals surface area contributed by atoms with Crippen LogP contribution >= 0.6 is 0 Å². The van der Waals surface area contributed by atoms with Crippen LogP contribution < -0.4 is 14.8 Å². The summed E-state index contributed by atoms with van der Waals surface area (Å²) in [5, 5.41) is 5.21. The molecule has 7 heteroatoms. The summed E-state index contributed by atoms with van der Waals surface area (Å²) in [5.41, 5.74) is 3.45. The van der Waals surface area contributed by atoms with Gasteiger partial charge in [0.05, 0.1) is 5.39 Å². The molecular weight excluding hydrogens is 342 g/mol. The summed E-state index contributed by atoms with van der Waals surface area (Å²) >= 11 is 0. The first-order chi connectivity index (χ1) is 11.9. The molecule has 2 N–H and O–H groups in total. The van der Waals surface area contributed by atoms with Crippen LogP contribution in [0.4, 0.5) is 0 Å². The average molecular weight is 357 g/mol. The van der Waals surface area contributed by atoms with E-state index in [0.29, 0.717) is 11.1 Å². The van der Waals surface area contributed by atoms with Gasteiger partial charge in [-0.3, -0.25) is 4.79 Å². The molecule has 3 aromatic rings. The van der Waals surface area contributed by atoms with E-state index in [1.54, 1.807) is 0 Å². The van der Waals surface area contributed by atoms with Crippen molar-refractivity contribution in [1.82, 2.24) is 0 Å². The Hall–Kier alpha value is -2.64. The molecule has 0 amide bonds. The van der Waals surface area contributed by atoms with E-state index in [1.165, 1.54) is 35.4 Å². The van der Waals surface area contributed by atoms with Crippen LogP contribution in [-0.4, -0.2) is 8.42 Å². The molecule has 0 atom stereocenters. The summed E-state index contributed by atoms with van der Waals surface area (Å²) in [4.78, 5) is 12.4. The van der Waals surface area contributed by atoms with Crippen molar-refractivity contribution in [3.8, 4) is 17.1 Å². The molecule has 128 valence electrons. The fourth-order valence-electron chi connectivity index (χ4n) is 3.19. The van der Waals surface area contributed by atoms with Crippen molar-refractivity contribution in [2.45, 2.75) is 19.3 Å². The molecule has 1 aliphatic rings. The lowest BCUT2D eigenvalue weighted by Crippen LogP contribution is -2.18. The first-order valence-electron chi connectivity index (χ1n) is 7.81. The van der Waals surface area contributed by atoms with Crippen LogP contribution in [0.3, 0.4) is 0 Å². The van der Waals surface area contributed by atoms with Gasteiger partial charge >= 0.3 is 10.3 Å². The number of hydrogen-bond donors (Lipinski definition) is 1. The molecule has 0 saturated carbocycles. The number of rotatable bonds is 3. The number of fused-ring (bicyclic) bond motifs is 2. The second kappa shape index (κ2) is 5.72. The SMILES string of the molecule is NS(=O)(=O)Oc1ccc2c(=O)cc(-c3ccc4c(c3)CCC4)oc2c1. The number of nitrogens with two attached hydrogens (primary N) is 1. The maximum absolute atomic E-state index is 12.4. The second-order valence-corrected chi connectivity index (χ2v) is 7.20. The van der Waals surface area contributed by atoms with E-state index in [9.17, 15) is 13.2 Å². The largest absolute Gasteiger partial charge is 0.456 e. The molecule has 2 aromatic carbocycles. The molecule has 0 fully saturated rings. The van der Waals surface area contributed by atoms with Crippen LogP contribution in [0.25, 0.3) is 22.3 Å². The highest BCUT2D eigenvalue weighted by molar-refractivity contribution is 7.84. The molecule has 4 rings (SSSR count). The average Bonchev–Trinajstić information content (AvgIpc) is 3.00. The van der Waals surface area contributed by atoms with Gasteiger partial charge in [-0.25, -0.2) is 0 Å². The zero-order chi connectivity index (χ0) is 17.6.